The number of piperidine rings is 1. The van der Waals surface area contributed by atoms with Crippen molar-refractivity contribution < 1.29 is 13.6 Å². The van der Waals surface area contributed by atoms with Crippen LogP contribution in [0.25, 0.3) is 0 Å². The summed E-state index contributed by atoms with van der Waals surface area (Å²) >= 11 is 0. The van der Waals surface area contributed by atoms with Gasteiger partial charge < -0.3 is 9.88 Å². The number of nitrogens with one attached hydrogen (secondary N) is 1. The Balaban J connectivity index is 1.72. The minimum atomic E-state index is -0.864. The van der Waals surface area contributed by atoms with E-state index in [0.717, 1.165) is 11.6 Å². The summed E-state index contributed by atoms with van der Waals surface area (Å²) < 4.78 is 26.4. The summed E-state index contributed by atoms with van der Waals surface area (Å²) in [5.41, 5.74) is 1.39. The zero-order valence-corrected chi connectivity index (χ0v) is 14.1. The van der Waals surface area contributed by atoms with Gasteiger partial charge >= 0.3 is 0 Å². The Bertz CT molecular complexity index is 871. The first kappa shape index (κ1) is 17.3. The molecule has 1 aromatic carbocycles. The maximum Gasteiger partial charge on any atom is 0.279 e. The van der Waals surface area contributed by atoms with Crippen LogP contribution in [0.3, 0.4) is 0 Å². The van der Waals surface area contributed by atoms with Crippen molar-refractivity contribution in [3.63, 3.8) is 0 Å². The minimum absolute atomic E-state index is 0.0603. The number of rotatable bonds is 2. The van der Waals surface area contributed by atoms with E-state index < -0.39 is 23.1 Å². The molecule has 1 aromatic heterocycles. The molecule has 0 aliphatic carbocycles. The fourth-order valence-electron chi connectivity index (χ4n) is 3.10. The molecule has 1 saturated heterocycles. The highest BCUT2D eigenvalue weighted by Crippen LogP contribution is 2.29. The number of carbonyl (C=O) groups excluding carboxylic acids is 1. The highest BCUT2D eigenvalue weighted by Gasteiger charge is 2.27. The van der Waals surface area contributed by atoms with Crippen molar-refractivity contribution in [2.24, 2.45) is 0 Å². The van der Waals surface area contributed by atoms with Crippen LogP contribution in [0, 0.1) is 25.5 Å². The first-order chi connectivity index (χ1) is 11.9. The van der Waals surface area contributed by atoms with E-state index in [1.54, 1.807) is 24.8 Å². The van der Waals surface area contributed by atoms with Gasteiger partial charge in [-0.25, -0.2) is 13.8 Å². The Labute approximate surface area is 143 Å². The average molecular weight is 347 g/mol. The third-order valence-electron chi connectivity index (χ3n) is 4.74. The largest absolute Gasteiger partial charge is 0.337 e. The second kappa shape index (κ2) is 6.74. The second-order valence-corrected chi connectivity index (χ2v) is 6.36. The van der Waals surface area contributed by atoms with Crippen molar-refractivity contribution in [2.75, 3.05) is 13.1 Å². The number of H-pyrrole nitrogens is 1. The first-order valence-electron chi connectivity index (χ1n) is 8.18. The molecule has 25 heavy (non-hydrogen) atoms. The Morgan fingerprint density at radius 1 is 1.20 bits per heavy atom. The fourth-order valence-corrected chi connectivity index (χ4v) is 3.10. The molecule has 1 aliphatic heterocycles. The maximum atomic E-state index is 13.4. The number of amides is 1. The number of likely N-dealkylation sites (tertiary alicyclic amines) is 1. The number of aromatic amines is 1. The van der Waals surface area contributed by atoms with E-state index in [1.165, 1.54) is 6.07 Å². The molecule has 1 N–H and O–H groups in total. The van der Waals surface area contributed by atoms with Crippen molar-refractivity contribution >= 4 is 5.91 Å². The summed E-state index contributed by atoms with van der Waals surface area (Å²) in [5.74, 6) is -2.06. The Morgan fingerprint density at radius 2 is 1.88 bits per heavy atom. The van der Waals surface area contributed by atoms with Gasteiger partial charge in [0.15, 0.2) is 17.3 Å². The summed E-state index contributed by atoms with van der Waals surface area (Å²) in [6.45, 7) is 4.34. The molecular weight excluding hydrogens is 328 g/mol. The highest BCUT2D eigenvalue weighted by molar-refractivity contribution is 5.92. The summed E-state index contributed by atoms with van der Waals surface area (Å²) in [6.07, 6.45) is 1.25. The molecule has 7 heteroatoms. The monoisotopic (exact) mass is 347 g/mol. The summed E-state index contributed by atoms with van der Waals surface area (Å²) in [7, 11) is 0. The lowest BCUT2D eigenvalue weighted by Crippen LogP contribution is -2.41. The van der Waals surface area contributed by atoms with Gasteiger partial charge in [0.1, 0.15) is 0 Å². The molecule has 0 bridgehead atoms. The van der Waals surface area contributed by atoms with Crippen LogP contribution in [0.5, 0.6) is 0 Å². The molecule has 2 heterocycles. The third kappa shape index (κ3) is 3.45. The van der Waals surface area contributed by atoms with Crippen LogP contribution >= 0.6 is 0 Å². The number of benzene rings is 1. The molecule has 1 amide bonds. The van der Waals surface area contributed by atoms with Gasteiger partial charge in [0.05, 0.1) is 5.69 Å². The number of hydrogen-bond donors (Lipinski definition) is 1. The van der Waals surface area contributed by atoms with Gasteiger partial charge in [-0.15, -0.1) is 0 Å². The third-order valence-corrected chi connectivity index (χ3v) is 4.74. The molecular formula is C18H19F2N3O2. The number of nitrogens with zero attached hydrogens (tertiary/aromatic N) is 2. The molecule has 0 unspecified atom stereocenters. The number of aromatic nitrogens is 2. The van der Waals surface area contributed by atoms with E-state index in [1.807, 2.05) is 0 Å². The van der Waals surface area contributed by atoms with E-state index in [-0.39, 0.29) is 11.6 Å². The van der Waals surface area contributed by atoms with Crippen LogP contribution in [0.1, 0.15) is 46.2 Å². The maximum absolute atomic E-state index is 13.4. The van der Waals surface area contributed by atoms with Gasteiger partial charge in [0.25, 0.3) is 11.5 Å². The summed E-state index contributed by atoms with van der Waals surface area (Å²) in [4.78, 5) is 32.9. The van der Waals surface area contributed by atoms with Crippen molar-refractivity contribution in [3.05, 3.63) is 62.8 Å². The lowest BCUT2D eigenvalue weighted by molar-refractivity contribution is 0.0704. The van der Waals surface area contributed by atoms with Crippen molar-refractivity contribution in [1.82, 2.24) is 14.9 Å². The fraction of sp³-hybridized carbons (Fsp3) is 0.389. The van der Waals surface area contributed by atoms with E-state index >= 15 is 0 Å². The van der Waals surface area contributed by atoms with Gasteiger partial charge in [-0.1, -0.05) is 6.07 Å². The lowest BCUT2D eigenvalue weighted by atomic mass is 9.89. The Morgan fingerprint density at radius 3 is 2.52 bits per heavy atom. The number of carbonyl (C=O) groups is 1. The number of halogens is 2. The van der Waals surface area contributed by atoms with Crippen LogP contribution in [-0.2, 0) is 0 Å². The predicted molar refractivity (Wildman–Crippen MR) is 88.6 cm³/mol. The van der Waals surface area contributed by atoms with E-state index in [0.29, 0.717) is 37.3 Å². The smallest absolute Gasteiger partial charge is 0.279 e. The molecule has 0 saturated carbocycles. The standard InChI is InChI=1S/C18H19F2N3O2/c1-10-11(2)22-17(24)16(21-10)18(25)23-7-5-12(6-8-23)13-3-4-14(19)15(20)9-13/h3-4,9,12H,5-8H2,1-2H3,(H,22,24). The predicted octanol–water partition coefficient (Wildman–Crippen LogP) is 2.68. The van der Waals surface area contributed by atoms with Gasteiger partial charge in [-0.3, -0.25) is 9.59 Å². The molecule has 3 rings (SSSR count). The van der Waals surface area contributed by atoms with Crippen LogP contribution in [0.4, 0.5) is 8.78 Å². The molecule has 2 aromatic rings. The molecule has 1 fully saturated rings. The van der Waals surface area contributed by atoms with E-state index in [9.17, 15) is 18.4 Å². The summed E-state index contributed by atoms with van der Waals surface area (Å²) in [5, 5.41) is 0. The quantitative estimate of drug-likeness (QED) is 0.908. The van der Waals surface area contributed by atoms with Crippen LogP contribution in [0.2, 0.25) is 0 Å². The number of hydrogen-bond acceptors (Lipinski definition) is 3. The molecule has 0 spiro atoms. The zero-order chi connectivity index (χ0) is 18.1. The Kier molecular flexibility index (Phi) is 4.65. The van der Waals surface area contributed by atoms with Gasteiger partial charge in [-0.2, -0.15) is 0 Å². The van der Waals surface area contributed by atoms with E-state index in [2.05, 4.69) is 9.97 Å². The molecule has 1 aliphatic rings. The van der Waals surface area contributed by atoms with Gasteiger partial charge in [-0.05, 0) is 50.3 Å². The summed E-state index contributed by atoms with van der Waals surface area (Å²) in [6, 6.07) is 3.92. The average Bonchev–Trinajstić information content (AvgIpc) is 2.60. The number of aryl methyl sites for hydroxylation is 2. The Hall–Kier alpha value is -2.57. The zero-order valence-electron chi connectivity index (χ0n) is 14.1. The lowest BCUT2D eigenvalue weighted by Gasteiger charge is -2.32. The van der Waals surface area contributed by atoms with Gasteiger partial charge in [0, 0.05) is 18.8 Å². The van der Waals surface area contributed by atoms with Crippen molar-refractivity contribution in [1.29, 1.82) is 0 Å². The topological polar surface area (TPSA) is 66.1 Å². The first-order valence-corrected chi connectivity index (χ1v) is 8.18. The molecule has 5 nitrogen and oxygen atoms in total. The normalized spacial score (nSPS) is 15.4. The van der Waals surface area contributed by atoms with E-state index in [4.69, 9.17) is 0 Å². The highest BCUT2D eigenvalue weighted by atomic mass is 19.2. The minimum Gasteiger partial charge on any atom is -0.337 e. The van der Waals surface area contributed by atoms with Crippen molar-refractivity contribution in [3.8, 4) is 0 Å². The van der Waals surface area contributed by atoms with Gasteiger partial charge in [0.2, 0.25) is 0 Å². The van der Waals surface area contributed by atoms with Crippen molar-refractivity contribution in [2.45, 2.75) is 32.6 Å². The molecule has 0 atom stereocenters. The van der Waals surface area contributed by atoms with Crippen LogP contribution in [0.15, 0.2) is 23.0 Å². The SMILES string of the molecule is Cc1nc(C(=O)N2CCC(c3ccc(F)c(F)c3)CC2)c(=O)[nH]c1C. The molecule has 0 radical (unpaired) electrons. The van der Waals surface area contributed by atoms with Crippen LogP contribution < -0.4 is 5.56 Å². The molecule has 132 valence electrons. The van der Waals surface area contributed by atoms with Crippen LogP contribution in [-0.4, -0.2) is 33.9 Å². The second-order valence-electron chi connectivity index (χ2n) is 6.36.